The maximum absolute atomic E-state index is 13.3. The summed E-state index contributed by atoms with van der Waals surface area (Å²) in [6, 6.07) is 3.55. The van der Waals surface area contributed by atoms with Crippen molar-refractivity contribution in [2.45, 2.75) is 147 Å². The molecule has 0 bridgehead atoms. The Labute approximate surface area is 359 Å². The third-order valence-electron chi connectivity index (χ3n) is 10.2. The number of hydrogen-bond donors (Lipinski definition) is 7. The minimum Gasteiger partial charge on any atom is -0.480 e. The number of unbranched alkanes of at least 4 members (excludes halogenated alkanes) is 8. The third-order valence-corrected chi connectivity index (χ3v) is 10.2. The topological polar surface area (TPSA) is 259 Å². The van der Waals surface area contributed by atoms with E-state index in [1.807, 2.05) is 0 Å². The van der Waals surface area contributed by atoms with E-state index in [1.165, 1.54) is 50.9 Å². The number of likely N-dealkylation sites (tertiary alicyclic amines) is 1. The maximum Gasteiger partial charge on any atom is 0.326 e. The molecule has 1 aromatic carbocycles. The number of carboxylic acid groups (broad SMARTS) is 2. The van der Waals surface area contributed by atoms with E-state index in [-0.39, 0.29) is 77.0 Å². The predicted octanol–water partition coefficient (Wildman–Crippen LogP) is 2.22. The summed E-state index contributed by atoms with van der Waals surface area (Å²) in [5.41, 5.74) is 0.731. The summed E-state index contributed by atoms with van der Waals surface area (Å²) < 4.78 is 10.7. The van der Waals surface area contributed by atoms with Crippen LogP contribution < -0.4 is 26.6 Å². The Morgan fingerprint density at radius 2 is 1.34 bits per heavy atom. The van der Waals surface area contributed by atoms with Gasteiger partial charge in [0, 0.05) is 32.4 Å². The van der Waals surface area contributed by atoms with Crippen molar-refractivity contribution < 1.29 is 58.0 Å². The van der Waals surface area contributed by atoms with Crippen molar-refractivity contribution in [3.63, 3.8) is 0 Å². The molecule has 0 radical (unpaired) electrons. The number of nitrogens with one attached hydrogen (secondary N) is 5. The lowest BCUT2D eigenvalue weighted by molar-refractivity contribution is -0.144. The molecule has 0 aliphatic carbocycles. The fraction of sp³-hybridized carbons (Fsp3) is 0.674. The van der Waals surface area contributed by atoms with Crippen molar-refractivity contribution in [1.82, 2.24) is 31.5 Å². The van der Waals surface area contributed by atoms with Crippen LogP contribution in [0.3, 0.4) is 0 Å². The number of benzene rings is 1. The Morgan fingerprint density at radius 1 is 0.705 bits per heavy atom. The Hall–Kier alpha value is -5.10. The first-order valence-electron chi connectivity index (χ1n) is 21.6. The molecule has 1 aromatic rings. The molecule has 1 aliphatic heterocycles. The number of hydrogen-bond acceptors (Lipinski definition) is 10. The molecule has 1 aliphatic rings. The summed E-state index contributed by atoms with van der Waals surface area (Å²) in [5.74, 6) is -5.46. The zero-order valence-electron chi connectivity index (χ0n) is 36.0. The van der Waals surface area contributed by atoms with Crippen LogP contribution in [0.2, 0.25) is 0 Å². The Kier molecular flexibility index (Phi) is 25.6. The smallest absolute Gasteiger partial charge is 0.326 e. The second-order valence-electron chi connectivity index (χ2n) is 15.4. The number of aliphatic carboxylic acids is 2. The van der Waals surface area contributed by atoms with Crippen LogP contribution in [-0.2, 0) is 54.3 Å². The Bertz CT molecular complexity index is 1550. The lowest BCUT2D eigenvalue weighted by Crippen LogP contribution is -2.56. The highest BCUT2D eigenvalue weighted by Crippen LogP contribution is 2.19. The quantitative estimate of drug-likeness (QED) is 0.0515. The monoisotopic (exact) mass is 860 g/mol. The van der Waals surface area contributed by atoms with Gasteiger partial charge in [0.15, 0.2) is 0 Å². The van der Waals surface area contributed by atoms with Gasteiger partial charge >= 0.3 is 11.9 Å². The largest absolute Gasteiger partial charge is 0.480 e. The van der Waals surface area contributed by atoms with Crippen molar-refractivity contribution in [2.75, 3.05) is 39.5 Å². The average molecular weight is 861 g/mol. The number of rotatable bonds is 32. The summed E-state index contributed by atoms with van der Waals surface area (Å²) in [4.78, 5) is 101. The summed E-state index contributed by atoms with van der Waals surface area (Å²) >= 11 is 0. The molecule has 0 unspecified atom stereocenters. The Morgan fingerprint density at radius 3 is 2.00 bits per heavy atom. The van der Waals surface area contributed by atoms with Gasteiger partial charge in [0.05, 0.1) is 19.8 Å². The lowest BCUT2D eigenvalue weighted by Gasteiger charge is -2.28. The van der Waals surface area contributed by atoms with Crippen molar-refractivity contribution in [1.29, 1.82) is 0 Å². The van der Waals surface area contributed by atoms with E-state index in [0.29, 0.717) is 19.3 Å². The molecule has 1 heterocycles. The van der Waals surface area contributed by atoms with Gasteiger partial charge in [-0.25, -0.2) is 9.59 Å². The van der Waals surface area contributed by atoms with Crippen LogP contribution >= 0.6 is 0 Å². The molecular formula is C43H68N6O12. The Balaban J connectivity index is 1.57. The zero-order valence-corrected chi connectivity index (χ0v) is 36.0. The fourth-order valence-corrected chi connectivity index (χ4v) is 6.75. The molecule has 61 heavy (non-hydrogen) atoms. The van der Waals surface area contributed by atoms with Gasteiger partial charge in [-0.15, -0.1) is 0 Å². The van der Waals surface area contributed by atoms with Crippen molar-refractivity contribution >= 4 is 47.4 Å². The van der Waals surface area contributed by atoms with Gasteiger partial charge in [0.1, 0.15) is 36.8 Å². The summed E-state index contributed by atoms with van der Waals surface area (Å²) in [6.45, 7) is 5.39. The number of carbonyl (C=O) groups is 8. The first kappa shape index (κ1) is 52.0. The van der Waals surface area contributed by atoms with E-state index in [1.54, 1.807) is 30.3 Å². The second kappa shape index (κ2) is 30.0. The molecule has 0 saturated carbocycles. The van der Waals surface area contributed by atoms with Crippen LogP contribution in [-0.4, -0.2) is 132 Å². The summed E-state index contributed by atoms with van der Waals surface area (Å²) in [7, 11) is 0. The molecule has 18 nitrogen and oxygen atoms in total. The number of carbonyl (C=O) groups excluding carboxylic acids is 6. The van der Waals surface area contributed by atoms with Crippen molar-refractivity contribution in [3.8, 4) is 0 Å². The van der Waals surface area contributed by atoms with Crippen molar-refractivity contribution in [2.24, 2.45) is 0 Å². The highest BCUT2D eigenvalue weighted by atomic mass is 16.5. The zero-order chi connectivity index (χ0) is 45.0. The van der Waals surface area contributed by atoms with E-state index < -0.39 is 65.8 Å². The van der Waals surface area contributed by atoms with Gasteiger partial charge in [-0.2, -0.15) is 0 Å². The first-order chi connectivity index (χ1) is 29.2. The molecule has 6 amide bonds. The molecule has 0 spiro atoms. The minimum atomic E-state index is -1.20. The molecule has 7 N–H and O–H groups in total. The molecular weight excluding hydrogens is 793 g/mol. The van der Waals surface area contributed by atoms with Gasteiger partial charge in [-0.05, 0) is 45.1 Å². The highest BCUT2D eigenvalue weighted by Gasteiger charge is 2.38. The molecule has 1 saturated heterocycles. The molecule has 0 aromatic heterocycles. The predicted molar refractivity (Wildman–Crippen MR) is 225 cm³/mol. The van der Waals surface area contributed by atoms with Crippen LogP contribution in [0.25, 0.3) is 0 Å². The standard InChI is InChI=1S/C43H68N6O12/c1-4-5-6-7-8-9-10-11-15-20-37(51)47-33(42(56)57)21-22-36(50)44-23-25-60-26-27-61-29-38(52)45-30(2)39(53)46-31(3)41(55)49-24-16-19-35(49)40(54)48-34(43(58)59)28-32-17-13-12-14-18-32/h12-14,17-18,30-31,33-35H,4-11,15-16,19-29H2,1-3H3,(H,44,50)(H,45,52)(H,46,53)(H,47,51)(H,48,54)(H,56,57)(H,58,59)/t30-,31-,33-,34-,35-/m0/s1. The van der Waals surface area contributed by atoms with Gasteiger partial charge in [-0.3, -0.25) is 28.8 Å². The van der Waals surface area contributed by atoms with E-state index in [0.717, 1.165) is 24.8 Å². The minimum absolute atomic E-state index is 0.0383. The van der Waals surface area contributed by atoms with Crippen LogP contribution in [0.5, 0.6) is 0 Å². The van der Waals surface area contributed by atoms with Crippen LogP contribution in [0.4, 0.5) is 0 Å². The van der Waals surface area contributed by atoms with Crippen LogP contribution in [0.1, 0.15) is 116 Å². The van der Waals surface area contributed by atoms with Gasteiger partial charge in [0.2, 0.25) is 35.4 Å². The number of carboxylic acids is 2. The van der Waals surface area contributed by atoms with Gasteiger partial charge < -0.3 is 51.2 Å². The van der Waals surface area contributed by atoms with E-state index in [2.05, 4.69) is 33.5 Å². The molecule has 342 valence electrons. The number of nitrogens with zero attached hydrogens (tertiary/aromatic N) is 1. The first-order valence-corrected chi connectivity index (χ1v) is 21.6. The van der Waals surface area contributed by atoms with Crippen molar-refractivity contribution in [3.05, 3.63) is 35.9 Å². The second-order valence-corrected chi connectivity index (χ2v) is 15.4. The third kappa shape index (κ3) is 21.8. The number of ether oxygens (including phenoxy) is 2. The molecule has 1 fully saturated rings. The average Bonchev–Trinajstić information content (AvgIpc) is 3.72. The van der Waals surface area contributed by atoms with E-state index in [4.69, 9.17) is 9.47 Å². The normalized spacial score (nSPS) is 15.5. The lowest BCUT2D eigenvalue weighted by atomic mass is 10.1. The molecule has 2 rings (SSSR count). The summed E-state index contributed by atoms with van der Waals surface area (Å²) in [5, 5.41) is 31.9. The van der Waals surface area contributed by atoms with Crippen LogP contribution in [0, 0.1) is 0 Å². The van der Waals surface area contributed by atoms with Crippen LogP contribution in [0.15, 0.2) is 30.3 Å². The summed E-state index contributed by atoms with van der Waals surface area (Å²) in [6.07, 6.45) is 11.0. The SMILES string of the molecule is CCCCCCCCCCCC(=O)N[C@@H](CCC(=O)NCCOCCOCC(=O)N[C@@H](C)C(=O)N[C@@H](C)C(=O)N1CCC[C@H]1C(=O)N[C@@H](Cc1ccccc1)C(=O)O)C(=O)O. The van der Waals surface area contributed by atoms with Gasteiger partial charge in [0.25, 0.3) is 0 Å². The highest BCUT2D eigenvalue weighted by molar-refractivity contribution is 5.95. The van der Waals surface area contributed by atoms with Gasteiger partial charge in [-0.1, -0.05) is 88.6 Å². The molecule has 5 atom stereocenters. The molecule has 18 heteroatoms. The maximum atomic E-state index is 13.3. The fourth-order valence-electron chi connectivity index (χ4n) is 6.75. The number of amides is 6. The van der Waals surface area contributed by atoms with E-state index in [9.17, 15) is 48.6 Å². The van der Waals surface area contributed by atoms with E-state index >= 15 is 0 Å².